The van der Waals surface area contributed by atoms with Crippen LogP contribution >= 0.6 is 0 Å². The predicted octanol–water partition coefficient (Wildman–Crippen LogP) is -0.594. The van der Waals surface area contributed by atoms with Gasteiger partial charge in [-0.3, -0.25) is 4.90 Å². The Bertz CT molecular complexity index is 416. The average Bonchev–Trinajstić information content (AvgIpc) is 3.02. The SMILES string of the molecule is O=C(O)[C@@H]1C[C@@H](O)CN1C(=O)N1CCN2CCCC2C1. The molecule has 0 saturated carbocycles. The number of aliphatic hydroxyl groups excluding tert-OH is 1. The first-order valence-electron chi connectivity index (χ1n) is 7.26. The van der Waals surface area contributed by atoms with E-state index in [-0.39, 0.29) is 19.0 Å². The smallest absolute Gasteiger partial charge is 0.326 e. The number of amides is 2. The molecule has 0 aliphatic carbocycles. The minimum atomic E-state index is -1.03. The molecule has 0 aromatic rings. The average molecular weight is 283 g/mol. The highest BCUT2D eigenvalue weighted by Crippen LogP contribution is 2.25. The number of aliphatic hydroxyl groups is 1. The molecule has 1 unspecified atom stereocenters. The van der Waals surface area contributed by atoms with Crippen LogP contribution < -0.4 is 0 Å². The minimum absolute atomic E-state index is 0.126. The Morgan fingerprint density at radius 1 is 1.10 bits per heavy atom. The Balaban J connectivity index is 1.67. The van der Waals surface area contributed by atoms with Gasteiger partial charge in [-0.2, -0.15) is 0 Å². The molecule has 0 spiro atoms. The number of β-amino-alcohol motifs (C(OH)–C–C–N with tert-alkyl or cyclic N) is 1. The van der Waals surface area contributed by atoms with Gasteiger partial charge in [-0.1, -0.05) is 0 Å². The number of rotatable bonds is 1. The zero-order valence-corrected chi connectivity index (χ0v) is 11.4. The van der Waals surface area contributed by atoms with Gasteiger partial charge in [-0.05, 0) is 19.4 Å². The number of carboxylic acids is 1. The standard InChI is InChI=1S/C13H21N3O4/c17-10-6-11(12(18)19)16(8-10)13(20)15-5-4-14-3-1-2-9(14)7-15/h9-11,17H,1-8H2,(H,18,19)/t9?,10-,11+/m1/s1. The van der Waals surface area contributed by atoms with Gasteiger partial charge in [0.25, 0.3) is 0 Å². The number of nitrogens with zero attached hydrogens (tertiary/aromatic N) is 3. The first kappa shape index (κ1) is 13.6. The van der Waals surface area contributed by atoms with Crippen LogP contribution in [0.4, 0.5) is 4.79 Å². The molecule has 3 atom stereocenters. The molecule has 7 nitrogen and oxygen atoms in total. The molecule has 0 bridgehead atoms. The number of hydrogen-bond acceptors (Lipinski definition) is 4. The van der Waals surface area contributed by atoms with Gasteiger partial charge in [-0.25, -0.2) is 9.59 Å². The Morgan fingerprint density at radius 3 is 2.65 bits per heavy atom. The van der Waals surface area contributed by atoms with Crippen LogP contribution in [0.3, 0.4) is 0 Å². The van der Waals surface area contributed by atoms with E-state index in [0.717, 1.165) is 19.5 Å². The second-order valence-corrected chi connectivity index (χ2v) is 5.96. The van der Waals surface area contributed by atoms with Crippen LogP contribution in [0.5, 0.6) is 0 Å². The lowest BCUT2D eigenvalue weighted by Crippen LogP contribution is -2.56. The molecule has 3 saturated heterocycles. The molecule has 3 aliphatic rings. The molecule has 3 rings (SSSR count). The normalized spacial score (nSPS) is 34.4. The second-order valence-electron chi connectivity index (χ2n) is 5.96. The number of piperazine rings is 1. The molecule has 3 aliphatic heterocycles. The van der Waals surface area contributed by atoms with Crippen molar-refractivity contribution in [2.75, 3.05) is 32.7 Å². The quantitative estimate of drug-likeness (QED) is 0.672. The summed E-state index contributed by atoms with van der Waals surface area (Å²) in [4.78, 5) is 29.2. The Hall–Kier alpha value is -1.34. The largest absolute Gasteiger partial charge is 0.480 e. The van der Waals surface area contributed by atoms with E-state index in [1.165, 1.54) is 11.3 Å². The van der Waals surface area contributed by atoms with Gasteiger partial charge in [0.05, 0.1) is 6.10 Å². The van der Waals surface area contributed by atoms with Gasteiger partial charge in [0, 0.05) is 38.6 Å². The minimum Gasteiger partial charge on any atom is -0.480 e. The third kappa shape index (κ3) is 2.35. The second kappa shape index (κ2) is 5.21. The van der Waals surface area contributed by atoms with Crippen LogP contribution in [0.15, 0.2) is 0 Å². The topological polar surface area (TPSA) is 84.3 Å². The van der Waals surface area contributed by atoms with E-state index in [9.17, 15) is 14.7 Å². The molecule has 7 heteroatoms. The van der Waals surface area contributed by atoms with Crippen molar-refractivity contribution in [1.82, 2.24) is 14.7 Å². The van der Waals surface area contributed by atoms with Crippen LogP contribution in [-0.4, -0.2) is 87.8 Å². The molecule has 2 N–H and O–H groups in total. The molecule has 3 fully saturated rings. The van der Waals surface area contributed by atoms with Crippen molar-refractivity contribution < 1.29 is 19.8 Å². The van der Waals surface area contributed by atoms with Crippen molar-refractivity contribution in [2.45, 2.75) is 37.5 Å². The molecule has 112 valence electrons. The Labute approximate surface area is 117 Å². The van der Waals surface area contributed by atoms with E-state index >= 15 is 0 Å². The van der Waals surface area contributed by atoms with Crippen LogP contribution in [0, 0.1) is 0 Å². The maximum absolute atomic E-state index is 12.5. The summed E-state index contributed by atoms with van der Waals surface area (Å²) in [5.74, 6) is -1.03. The summed E-state index contributed by atoms with van der Waals surface area (Å²) in [7, 11) is 0. The van der Waals surface area contributed by atoms with Gasteiger partial charge < -0.3 is 20.0 Å². The van der Waals surface area contributed by atoms with E-state index in [0.29, 0.717) is 19.1 Å². The van der Waals surface area contributed by atoms with Gasteiger partial charge >= 0.3 is 12.0 Å². The summed E-state index contributed by atoms with van der Waals surface area (Å²) in [5.41, 5.74) is 0. The number of likely N-dealkylation sites (tertiary alicyclic amines) is 1. The first-order chi connectivity index (χ1) is 9.56. The summed E-state index contributed by atoms with van der Waals surface area (Å²) in [6.07, 6.45) is 1.68. The highest BCUT2D eigenvalue weighted by molar-refractivity contribution is 5.83. The van der Waals surface area contributed by atoms with E-state index in [4.69, 9.17) is 5.11 Å². The van der Waals surface area contributed by atoms with Crippen molar-refractivity contribution in [2.24, 2.45) is 0 Å². The third-order valence-electron chi connectivity index (χ3n) is 4.67. The van der Waals surface area contributed by atoms with Crippen LogP contribution in [0.25, 0.3) is 0 Å². The zero-order valence-electron chi connectivity index (χ0n) is 11.4. The number of aliphatic carboxylic acids is 1. The van der Waals surface area contributed by atoms with Gasteiger partial charge in [0.1, 0.15) is 6.04 Å². The lowest BCUT2D eigenvalue weighted by molar-refractivity contribution is -0.141. The zero-order chi connectivity index (χ0) is 14.3. The van der Waals surface area contributed by atoms with Gasteiger partial charge in [0.15, 0.2) is 0 Å². The van der Waals surface area contributed by atoms with E-state index in [1.54, 1.807) is 4.90 Å². The van der Waals surface area contributed by atoms with Gasteiger partial charge in [0.2, 0.25) is 0 Å². The van der Waals surface area contributed by atoms with Crippen molar-refractivity contribution in [3.05, 3.63) is 0 Å². The number of urea groups is 1. The third-order valence-corrected chi connectivity index (χ3v) is 4.67. The molecular weight excluding hydrogens is 262 g/mol. The molecule has 20 heavy (non-hydrogen) atoms. The molecule has 3 heterocycles. The number of carboxylic acid groups (broad SMARTS) is 1. The van der Waals surface area contributed by atoms with Gasteiger partial charge in [-0.15, -0.1) is 0 Å². The lowest BCUT2D eigenvalue weighted by atomic mass is 10.1. The van der Waals surface area contributed by atoms with Crippen molar-refractivity contribution in [3.63, 3.8) is 0 Å². The Morgan fingerprint density at radius 2 is 1.90 bits per heavy atom. The van der Waals surface area contributed by atoms with Crippen molar-refractivity contribution in [1.29, 1.82) is 0 Å². The summed E-state index contributed by atoms with van der Waals surface area (Å²) >= 11 is 0. The van der Waals surface area contributed by atoms with Crippen LogP contribution in [0.2, 0.25) is 0 Å². The van der Waals surface area contributed by atoms with Crippen molar-refractivity contribution >= 4 is 12.0 Å². The number of fused-ring (bicyclic) bond motifs is 1. The monoisotopic (exact) mass is 283 g/mol. The summed E-state index contributed by atoms with van der Waals surface area (Å²) in [6, 6.07) is -0.705. The molecule has 0 radical (unpaired) electrons. The van der Waals surface area contributed by atoms with E-state index in [1.807, 2.05) is 0 Å². The number of carbonyl (C=O) groups excluding carboxylic acids is 1. The molecule has 2 amide bonds. The maximum Gasteiger partial charge on any atom is 0.326 e. The summed E-state index contributed by atoms with van der Waals surface area (Å²) in [5, 5.41) is 18.8. The molecular formula is C13H21N3O4. The molecule has 0 aromatic carbocycles. The fourth-order valence-corrected chi connectivity index (χ4v) is 3.61. The van der Waals surface area contributed by atoms with Crippen molar-refractivity contribution in [3.8, 4) is 0 Å². The summed E-state index contributed by atoms with van der Waals surface area (Å²) < 4.78 is 0. The highest BCUT2D eigenvalue weighted by atomic mass is 16.4. The Kier molecular flexibility index (Phi) is 3.55. The van der Waals surface area contributed by atoms with Crippen LogP contribution in [-0.2, 0) is 4.79 Å². The fraction of sp³-hybridized carbons (Fsp3) is 0.846. The van der Waals surface area contributed by atoms with E-state index in [2.05, 4.69) is 4.90 Å². The predicted molar refractivity (Wildman–Crippen MR) is 70.3 cm³/mol. The first-order valence-corrected chi connectivity index (χ1v) is 7.26. The number of carbonyl (C=O) groups is 2. The highest BCUT2D eigenvalue weighted by Gasteiger charge is 2.42. The molecule has 0 aromatic heterocycles. The summed E-state index contributed by atoms with van der Waals surface area (Å²) in [6.45, 7) is 3.42. The van der Waals surface area contributed by atoms with Crippen LogP contribution in [0.1, 0.15) is 19.3 Å². The lowest BCUT2D eigenvalue weighted by Gasteiger charge is -2.39. The maximum atomic E-state index is 12.5. The fourth-order valence-electron chi connectivity index (χ4n) is 3.61. The van der Waals surface area contributed by atoms with E-state index < -0.39 is 18.1 Å². The number of hydrogen-bond donors (Lipinski definition) is 2.